The van der Waals surface area contributed by atoms with Gasteiger partial charge in [-0.05, 0) is 6.92 Å². The number of nitrogens with one attached hydrogen (secondary N) is 1. The minimum atomic E-state index is 0.0107. The number of carbonyl (C=O) groups is 1. The molecule has 2 amide bonds. The zero-order valence-electron chi connectivity index (χ0n) is 10.9. The molecule has 1 N–H and O–H groups in total. The Bertz CT molecular complexity index is 332. The zero-order valence-corrected chi connectivity index (χ0v) is 10.9. The maximum atomic E-state index is 11.4. The van der Waals surface area contributed by atoms with E-state index in [0.717, 1.165) is 52.4 Å². The molecular formula is C12H21N5O. The zero-order chi connectivity index (χ0) is 13.0. The molecule has 0 radical (unpaired) electrons. The third-order valence-corrected chi connectivity index (χ3v) is 3.77. The number of amides is 2. The van der Waals surface area contributed by atoms with E-state index < -0.39 is 0 Å². The van der Waals surface area contributed by atoms with Gasteiger partial charge in [-0.1, -0.05) is 0 Å². The normalized spacial score (nSPS) is 23.8. The molecule has 0 aliphatic carbocycles. The Labute approximate surface area is 108 Å². The van der Waals surface area contributed by atoms with Crippen LogP contribution in [0.4, 0.5) is 4.79 Å². The first-order valence-corrected chi connectivity index (χ1v) is 6.59. The average Bonchev–Trinajstić information content (AvgIpc) is 2.81. The smallest absolute Gasteiger partial charge is 0.317 e. The Kier molecular flexibility index (Phi) is 4.39. The van der Waals surface area contributed by atoms with Crippen LogP contribution in [0.5, 0.6) is 0 Å². The van der Waals surface area contributed by atoms with Crippen LogP contribution in [0, 0.1) is 11.3 Å². The van der Waals surface area contributed by atoms with Crippen LogP contribution in [0.15, 0.2) is 0 Å². The minimum Gasteiger partial charge on any atom is -0.336 e. The van der Waals surface area contributed by atoms with E-state index in [0.29, 0.717) is 0 Å². The van der Waals surface area contributed by atoms with Crippen LogP contribution in [-0.4, -0.2) is 79.1 Å². The number of hydrogen-bond acceptors (Lipinski definition) is 4. The number of rotatable bonds is 4. The highest BCUT2D eigenvalue weighted by Gasteiger charge is 2.23. The molecule has 0 saturated carbocycles. The van der Waals surface area contributed by atoms with Crippen molar-refractivity contribution in [3.63, 3.8) is 0 Å². The monoisotopic (exact) mass is 251 g/mol. The largest absolute Gasteiger partial charge is 0.336 e. The summed E-state index contributed by atoms with van der Waals surface area (Å²) >= 11 is 0. The maximum absolute atomic E-state index is 11.4. The van der Waals surface area contributed by atoms with Crippen molar-refractivity contribution in [1.82, 2.24) is 20.0 Å². The topological polar surface area (TPSA) is 62.6 Å². The van der Waals surface area contributed by atoms with Gasteiger partial charge in [-0.25, -0.2) is 4.79 Å². The van der Waals surface area contributed by atoms with Gasteiger partial charge >= 0.3 is 6.03 Å². The van der Waals surface area contributed by atoms with Crippen molar-refractivity contribution in [3.8, 4) is 6.07 Å². The van der Waals surface area contributed by atoms with Gasteiger partial charge in [0.05, 0.1) is 12.1 Å². The van der Waals surface area contributed by atoms with Gasteiger partial charge < -0.3 is 10.2 Å². The fourth-order valence-electron chi connectivity index (χ4n) is 2.44. The molecule has 0 aromatic heterocycles. The van der Waals surface area contributed by atoms with E-state index in [1.165, 1.54) is 0 Å². The van der Waals surface area contributed by atoms with E-state index in [1.54, 1.807) is 0 Å². The van der Waals surface area contributed by atoms with E-state index in [4.69, 9.17) is 5.26 Å². The van der Waals surface area contributed by atoms with Crippen molar-refractivity contribution < 1.29 is 4.79 Å². The van der Waals surface area contributed by atoms with Crippen molar-refractivity contribution in [2.45, 2.75) is 13.0 Å². The van der Waals surface area contributed by atoms with Crippen molar-refractivity contribution >= 4 is 6.03 Å². The second kappa shape index (κ2) is 6.03. The van der Waals surface area contributed by atoms with Crippen LogP contribution in [0.2, 0.25) is 0 Å². The molecule has 2 heterocycles. The summed E-state index contributed by atoms with van der Waals surface area (Å²) in [6.45, 7) is 9.15. The third-order valence-electron chi connectivity index (χ3n) is 3.77. The minimum absolute atomic E-state index is 0.0107. The van der Waals surface area contributed by atoms with E-state index in [9.17, 15) is 4.79 Å². The van der Waals surface area contributed by atoms with Crippen LogP contribution >= 0.6 is 0 Å². The Morgan fingerprint density at radius 2 is 2.00 bits per heavy atom. The quantitative estimate of drug-likeness (QED) is 0.734. The second-order valence-corrected chi connectivity index (χ2v) is 4.90. The van der Waals surface area contributed by atoms with Crippen LogP contribution in [0.25, 0.3) is 0 Å². The molecule has 6 nitrogen and oxygen atoms in total. The van der Waals surface area contributed by atoms with Crippen molar-refractivity contribution in [3.05, 3.63) is 0 Å². The van der Waals surface area contributed by atoms with E-state index in [1.807, 2.05) is 11.8 Å². The molecule has 1 unspecified atom stereocenters. The molecule has 0 bridgehead atoms. The standard InChI is InChI=1S/C12H21N5O/c1-11(10-13)16-7-4-15(5-8-16)6-9-17-3-2-14-12(17)18/h11H,2-9H2,1H3,(H,14,18). The fourth-order valence-corrected chi connectivity index (χ4v) is 2.44. The lowest BCUT2D eigenvalue weighted by molar-refractivity contribution is 0.113. The number of piperazine rings is 1. The molecule has 2 fully saturated rings. The molecule has 2 aliphatic rings. The number of carbonyl (C=O) groups excluding carboxylic acids is 1. The molecule has 0 spiro atoms. The van der Waals surface area contributed by atoms with Crippen LogP contribution in [0.1, 0.15) is 6.92 Å². The predicted octanol–water partition coefficient (Wildman–Crippen LogP) is -0.459. The highest BCUT2D eigenvalue weighted by Crippen LogP contribution is 2.06. The predicted molar refractivity (Wildman–Crippen MR) is 68.1 cm³/mol. The molecular weight excluding hydrogens is 230 g/mol. The van der Waals surface area contributed by atoms with Gasteiger partial charge in [-0.3, -0.25) is 9.80 Å². The maximum Gasteiger partial charge on any atom is 0.317 e. The summed E-state index contributed by atoms with van der Waals surface area (Å²) < 4.78 is 0. The lowest BCUT2D eigenvalue weighted by Crippen LogP contribution is -2.50. The van der Waals surface area contributed by atoms with E-state index in [-0.39, 0.29) is 12.1 Å². The molecule has 0 aromatic carbocycles. The first-order chi connectivity index (χ1) is 8.70. The summed E-state index contributed by atoms with van der Waals surface area (Å²) in [4.78, 5) is 17.8. The van der Waals surface area contributed by atoms with Gasteiger partial charge in [0, 0.05) is 52.4 Å². The SMILES string of the molecule is CC(C#N)N1CCN(CCN2CCNC2=O)CC1. The van der Waals surface area contributed by atoms with Crippen molar-refractivity contribution in [2.75, 3.05) is 52.4 Å². The number of nitrogens with zero attached hydrogens (tertiary/aromatic N) is 4. The Morgan fingerprint density at radius 3 is 2.56 bits per heavy atom. The molecule has 6 heteroatoms. The number of urea groups is 1. The summed E-state index contributed by atoms with van der Waals surface area (Å²) in [7, 11) is 0. The van der Waals surface area contributed by atoms with Crippen LogP contribution in [0.3, 0.4) is 0 Å². The molecule has 0 aromatic rings. The van der Waals surface area contributed by atoms with Gasteiger partial charge in [0.2, 0.25) is 0 Å². The first-order valence-electron chi connectivity index (χ1n) is 6.59. The van der Waals surface area contributed by atoms with Gasteiger partial charge in [-0.2, -0.15) is 5.26 Å². The molecule has 2 rings (SSSR count). The summed E-state index contributed by atoms with van der Waals surface area (Å²) in [5, 5.41) is 11.7. The highest BCUT2D eigenvalue weighted by atomic mass is 16.2. The summed E-state index contributed by atoms with van der Waals surface area (Å²) in [5.41, 5.74) is 0. The number of nitriles is 1. The Balaban J connectivity index is 1.68. The second-order valence-electron chi connectivity index (χ2n) is 4.90. The van der Waals surface area contributed by atoms with Crippen LogP contribution in [-0.2, 0) is 0 Å². The van der Waals surface area contributed by atoms with E-state index in [2.05, 4.69) is 21.2 Å². The highest BCUT2D eigenvalue weighted by molar-refractivity contribution is 5.76. The van der Waals surface area contributed by atoms with Gasteiger partial charge in [0.1, 0.15) is 0 Å². The molecule has 2 aliphatic heterocycles. The lowest BCUT2D eigenvalue weighted by atomic mass is 10.2. The van der Waals surface area contributed by atoms with Gasteiger partial charge in [0.15, 0.2) is 0 Å². The Morgan fingerprint density at radius 1 is 1.28 bits per heavy atom. The summed E-state index contributed by atoms with van der Waals surface area (Å²) in [5.74, 6) is 0. The molecule has 100 valence electrons. The first kappa shape index (κ1) is 13.1. The van der Waals surface area contributed by atoms with Crippen molar-refractivity contribution in [2.24, 2.45) is 0 Å². The van der Waals surface area contributed by atoms with Crippen molar-refractivity contribution in [1.29, 1.82) is 5.26 Å². The lowest BCUT2D eigenvalue weighted by Gasteiger charge is -2.36. The molecule has 2 saturated heterocycles. The van der Waals surface area contributed by atoms with Gasteiger partial charge in [0.25, 0.3) is 0 Å². The van der Waals surface area contributed by atoms with Gasteiger partial charge in [-0.15, -0.1) is 0 Å². The van der Waals surface area contributed by atoms with E-state index >= 15 is 0 Å². The molecule has 1 atom stereocenters. The molecule has 18 heavy (non-hydrogen) atoms. The Hall–Kier alpha value is -1.32. The fraction of sp³-hybridized carbons (Fsp3) is 0.833. The summed E-state index contributed by atoms with van der Waals surface area (Å²) in [6, 6.07) is 2.35. The number of hydrogen-bond donors (Lipinski definition) is 1. The third kappa shape index (κ3) is 3.12. The van der Waals surface area contributed by atoms with Crippen LogP contribution < -0.4 is 5.32 Å². The average molecular weight is 251 g/mol. The summed E-state index contributed by atoms with van der Waals surface area (Å²) in [6.07, 6.45) is 0.